The summed E-state index contributed by atoms with van der Waals surface area (Å²) in [6.07, 6.45) is 0. The van der Waals surface area contributed by atoms with Crippen LogP contribution in [0.5, 0.6) is 0 Å². The Balaban J connectivity index is 3.05. The lowest BCUT2D eigenvalue weighted by atomic mass is 10.5. The van der Waals surface area contributed by atoms with E-state index in [0.29, 0.717) is 0 Å². The molecule has 1 aromatic heterocycles. The number of carboxylic acid groups (broad SMARTS) is 1. The molecule has 0 fully saturated rings. The van der Waals surface area contributed by atoms with Crippen molar-refractivity contribution < 1.29 is 14.5 Å². The highest BCUT2D eigenvalue weighted by atomic mass is 16.4. The molecule has 1 N–H and O–H groups in total. The van der Waals surface area contributed by atoms with Crippen molar-refractivity contribution in [2.75, 3.05) is 0 Å². The van der Waals surface area contributed by atoms with Gasteiger partial charge in [-0.3, -0.25) is 0 Å². The third-order valence-corrected chi connectivity index (χ3v) is 1.84. The molecular weight excluding hydrogens is 158 g/mol. The molecule has 0 aliphatic heterocycles. The Kier molecular flexibility index (Phi) is 2.12. The molecule has 5 nitrogen and oxygen atoms in total. The van der Waals surface area contributed by atoms with Gasteiger partial charge in [-0.1, -0.05) is 0 Å². The van der Waals surface area contributed by atoms with Crippen LogP contribution in [0, 0.1) is 13.8 Å². The van der Waals surface area contributed by atoms with Gasteiger partial charge < -0.3 is 5.11 Å². The highest BCUT2D eigenvalue weighted by Crippen LogP contribution is 1.89. The number of rotatable bonds is 2. The van der Waals surface area contributed by atoms with Gasteiger partial charge in [-0.25, -0.2) is 9.36 Å². The Hall–Kier alpha value is -1.39. The Labute approximate surface area is 70.2 Å². The molecule has 5 heteroatoms. The van der Waals surface area contributed by atoms with Gasteiger partial charge in [0, 0.05) is 18.9 Å². The minimum absolute atomic E-state index is 0.0223. The van der Waals surface area contributed by atoms with E-state index < -0.39 is 5.97 Å². The van der Waals surface area contributed by atoms with E-state index in [1.165, 1.54) is 0 Å². The molecule has 1 aromatic rings. The molecule has 0 radical (unpaired) electrons. The number of hydrogen-bond donors (Lipinski definition) is 1. The molecule has 0 unspecified atom stereocenters. The predicted octanol–water partition coefficient (Wildman–Crippen LogP) is -0.591. The second kappa shape index (κ2) is 2.92. The molecule has 0 aliphatic carbocycles. The smallest absolute Gasteiger partial charge is 0.338 e. The van der Waals surface area contributed by atoms with E-state index in [1.807, 2.05) is 6.92 Å². The second-order valence-electron chi connectivity index (χ2n) is 2.70. The fourth-order valence-corrected chi connectivity index (χ4v) is 1.12. The molecular formula is C7H12N3O2+. The summed E-state index contributed by atoms with van der Waals surface area (Å²) in [5, 5.41) is 12.6. The first kappa shape index (κ1) is 8.70. The van der Waals surface area contributed by atoms with Crippen molar-refractivity contribution in [3.05, 3.63) is 11.6 Å². The SMILES string of the molecule is Cc1nn(C)c(C)[n+]1CC(=O)O. The van der Waals surface area contributed by atoms with Crippen LogP contribution in [0.3, 0.4) is 0 Å². The molecule has 0 amide bonds. The fourth-order valence-electron chi connectivity index (χ4n) is 1.12. The summed E-state index contributed by atoms with van der Waals surface area (Å²) < 4.78 is 3.32. The van der Waals surface area contributed by atoms with Crippen LogP contribution in [-0.4, -0.2) is 20.9 Å². The summed E-state index contributed by atoms with van der Waals surface area (Å²) in [5.74, 6) is 0.714. The van der Waals surface area contributed by atoms with E-state index in [2.05, 4.69) is 5.10 Å². The van der Waals surface area contributed by atoms with Gasteiger partial charge >= 0.3 is 5.97 Å². The lowest BCUT2D eigenvalue weighted by Crippen LogP contribution is -2.42. The Morgan fingerprint density at radius 1 is 1.67 bits per heavy atom. The van der Waals surface area contributed by atoms with E-state index in [9.17, 15) is 4.79 Å². The highest BCUT2D eigenvalue weighted by Gasteiger charge is 2.17. The van der Waals surface area contributed by atoms with Gasteiger partial charge in [-0.15, -0.1) is 4.68 Å². The van der Waals surface area contributed by atoms with Crippen LogP contribution < -0.4 is 4.57 Å². The van der Waals surface area contributed by atoms with E-state index in [0.717, 1.165) is 11.6 Å². The molecule has 1 heterocycles. The van der Waals surface area contributed by atoms with E-state index in [4.69, 9.17) is 5.11 Å². The van der Waals surface area contributed by atoms with Gasteiger partial charge in [-0.05, 0) is 0 Å². The van der Waals surface area contributed by atoms with Gasteiger partial charge in [0.2, 0.25) is 5.82 Å². The molecule has 0 saturated heterocycles. The number of hydrogen-bond acceptors (Lipinski definition) is 2. The third kappa shape index (κ3) is 1.44. The lowest BCUT2D eigenvalue weighted by Gasteiger charge is -1.94. The standard InChI is InChI=1S/C7H11N3O2/c1-5-8-9(3)6(2)10(5)4-7(11)12/h4H2,1-3H3/p+1. The molecule has 12 heavy (non-hydrogen) atoms. The topological polar surface area (TPSA) is 59.0 Å². The number of nitrogens with zero attached hydrogens (tertiary/aromatic N) is 3. The number of aryl methyl sites for hydroxylation is 2. The average molecular weight is 170 g/mol. The lowest BCUT2D eigenvalue weighted by molar-refractivity contribution is -0.698. The third-order valence-electron chi connectivity index (χ3n) is 1.84. The molecule has 0 atom stereocenters. The van der Waals surface area contributed by atoms with Crippen molar-refractivity contribution in [2.45, 2.75) is 20.4 Å². The zero-order valence-corrected chi connectivity index (χ0v) is 7.40. The van der Waals surface area contributed by atoms with Gasteiger partial charge in [-0.2, -0.15) is 0 Å². The van der Waals surface area contributed by atoms with E-state index in [-0.39, 0.29) is 6.54 Å². The first-order valence-electron chi connectivity index (χ1n) is 3.64. The largest absolute Gasteiger partial charge is 0.479 e. The van der Waals surface area contributed by atoms with Gasteiger partial charge in [0.05, 0.1) is 7.05 Å². The molecule has 0 aliphatic rings. The van der Waals surface area contributed by atoms with Crippen LogP contribution in [0.1, 0.15) is 11.6 Å². The Bertz CT molecular complexity index is 317. The normalized spacial score (nSPS) is 10.2. The monoisotopic (exact) mass is 170 g/mol. The van der Waals surface area contributed by atoms with E-state index >= 15 is 0 Å². The zero-order valence-electron chi connectivity index (χ0n) is 7.40. The Morgan fingerprint density at radius 3 is 2.58 bits per heavy atom. The van der Waals surface area contributed by atoms with Gasteiger partial charge in [0.15, 0.2) is 6.54 Å². The number of aliphatic carboxylic acids is 1. The van der Waals surface area contributed by atoms with Crippen LogP contribution in [0.2, 0.25) is 0 Å². The van der Waals surface area contributed by atoms with Crippen molar-refractivity contribution in [3.8, 4) is 0 Å². The van der Waals surface area contributed by atoms with Crippen LogP contribution >= 0.6 is 0 Å². The average Bonchev–Trinajstić information content (AvgIpc) is 2.16. The van der Waals surface area contributed by atoms with Crippen molar-refractivity contribution in [1.82, 2.24) is 9.78 Å². The molecule has 0 saturated carbocycles. The zero-order chi connectivity index (χ0) is 9.30. The minimum Gasteiger partial charge on any atom is -0.479 e. The second-order valence-corrected chi connectivity index (χ2v) is 2.70. The van der Waals surface area contributed by atoms with Crippen molar-refractivity contribution in [2.24, 2.45) is 7.05 Å². The summed E-state index contributed by atoms with van der Waals surface area (Å²) >= 11 is 0. The molecule has 0 spiro atoms. The van der Waals surface area contributed by atoms with Crippen LogP contribution in [0.25, 0.3) is 0 Å². The van der Waals surface area contributed by atoms with Crippen LogP contribution in [0.4, 0.5) is 0 Å². The first-order chi connectivity index (χ1) is 5.52. The number of carbonyl (C=O) groups is 1. The minimum atomic E-state index is -0.848. The maximum atomic E-state index is 10.4. The number of aromatic nitrogens is 3. The van der Waals surface area contributed by atoms with Gasteiger partial charge in [0.1, 0.15) is 0 Å². The van der Waals surface area contributed by atoms with Crippen molar-refractivity contribution in [1.29, 1.82) is 0 Å². The fraction of sp³-hybridized carbons (Fsp3) is 0.571. The van der Waals surface area contributed by atoms with E-state index in [1.54, 1.807) is 23.2 Å². The summed E-state index contributed by atoms with van der Waals surface area (Å²) in [6.45, 7) is 3.60. The number of carboxylic acids is 1. The van der Waals surface area contributed by atoms with Crippen molar-refractivity contribution in [3.63, 3.8) is 0 Å². The van der Waals surface area contributed by atoms with Crippen LogP contribution in [-0.2, 0) is 18.4 Å². The molecule has 0 aromatic carbocycles. The highest BCUT2D eigenvalue weighted by molar-refractivity contribution is 5.64. The van der Waals surface area contributed by atoms with Gasteiger partial charge in [0.25, 0.3) is 5.82 Å². The molecule has 1 rings (SSSR count). The molecule has 0 bridgehead atoms. The quantitative estimate of drug-likeness (QED) is 0.603. The maximum Gasteiger partial charge on any atom is 0.338 e. The predicted molar refractivity (Wildman–Crippen MR) is 40.5 cm³/mol. The maximum absolute atomic E-state index is 10.4. The summed E-state index contributed by atoms with van der Waals surface area (Å²) in [4.78, 5) is 10.4. The first-order valence-corrected chi connectivity index (χ1v) is 3.64. The molecule has 66 valence electrons. The summed E-state index contributed by atoms with van der Waals surface area (Å²) in [7, 11) is 1.79. The van der Waals surface area contributed by atoms with Crippen molar-refractivity contribution >= 4 is 5.97 Å². The summed E-state index contributed by atoms with van der Waals surface area (Å²) in [5.41, 5.74) is 0. The van der Waals surface area contributed by atoms with Crippen LogP contribution in [0.15, 0.2) is 0 Å². The Morgan fingerprint density at radius 2 is 2.25 bits per heavy atom. The summed E-state index contributed by atoms with van der Waals surface area (Å²) in [6, 6.07) is 0.